The number of rotatable bonds is 8. The molecule has 0 aliphatic carbocycles. The zero-order valence-corrected chi connectivity index (χ0v) is 21.2. The van der Waals surface area contributed by atoms with Gasteiger partial charge >= 0.3 is 0 Å². The Morgan fingerprint density at radius 1 is 0.694 bits per heavy atom. The molecule has 4 rings (SSSR count). The van der Waals surface area contributed by atoms with Crippen LogP contribution in [0.4, 0.5) is 0 Å². The summed E-state index contributed by atoms with van der Waals surface area (Å²) in [7, 11) is 3.31. The number of hydrogen-bond acceptors (Lipinski definition) is 8. The van der Waals surface area contributed by atoms with Crippen molar-refractivity contribution >= 4 is 0 Å². The van der Waals surface area contributed by atoms with Crippen molar-refractivity contribution in [1.82, 2.24) is 0 Å². The lowest BCUT2D eigenvalue weighted by Crippen LogP contribution is -2.42. The Labute approximate surface area is 212 Å². The first kappa shape index (κ1) is 27.5. The van der Waals surface area contributed by atoms with Gasteiger partial charge in [-0.3, -0.25) is 0 Å². The van der Waals surface area contributed by atoms with Crippen molar-refractivity contribution in [3.63, 3.8) is 0 Å². The van der Waals surface area contributed by atoms with Crippen LogP contribution in [0.2, 0.25) is 0 Å². The minimum Gasteiger partial charge on any atom is -0.497 e. The van der Waals surface area contributed by atoms with E-state index in [9.17, 15) is 0 Å². The summed E-state index contributed by atoms with van der Waals surface area (Å²) in [4.78, 5) is 0. The quantitative estimate of drug-likeness (QED) is 0.566. The van der Waals surface area contributed by atoms with E-state index in [-0.39, 0.29) is 24.4 Å². The Kier molecular flexibility index (Phi) is 10.6. The molecule has 2 aromatic carbocycles. The summed E-state index contributed by atoms with van der Waals surface area (Å²) in [6.45, 7) is 4.68. The van der Waals surface area contributed by atoms with Crippen molar-refractivity contribution in [2.24, 2.45) is 0 Å². The molecule has 36 heavy (non-hydrogen) atoms. The van der Waals surface area contributed by atoms with E-state index in [4.69, 9.17) is 38.6 Å². The summed E-state index contributed by atoms with van der Waals surface area (Å²) in [6, 6.07) is 15.7. The van der Waals surface area contributed by atoms with Crippen LogP contribution in [0.5, 0.6) is 11.5 Å². The predicted molar refractivity (Wildman–Crippen MR) is 135 cm³/mol. The van der Waals surface area contributed by atoms with Gasteiger partial charge in [-0.15, -0.1) is 0 Å². The smallest absolute Gasteiger partial charge is 0.124 e. The second kappa shape index (κ2) is 13.9. The molecule has 0 saturated heterocycles. The molecular formula is C28H36O8. The molecule has 0 spiro atoms. The third-order valence-electron chi connectivity index (χ3n) is 5.95. The van der Waals surface area contributed by atoms with Crippen LogP contribution in [0.1, 0.15) is 25.0 Å². The maximum absolute atomic E-state index is 9.02. The molecule has 0 radical (unpaired) electrons. The Morgan fingerprint density at radius 3 is 1.69 bits per heavy atom. The molecule has 0 fully saturated rings. The molecule has 2 N–H and O–H groups in total. The maximum Gasteiger partial charge on any atom is 0.124 e. The van der Waals surface area contributed by atoms with Crippen molar-refractivity contribution in [2.45, 2.75) is 63.7 Å². The molecule has 2 aliphatic heterocycles. The fraction of sp³-hybridized carbons (Fsp3) is 0.429. The number of aliphatic hydroxyl groups excluding tert-OH is 2. The minimum atomic E-state index is -0.782. The van der Waals surface area contributed by atoms with Gasteiger partial charge in [-0.2, -0.15) is 0 Å². The van der Waals surface area contributed by atoms with Gasteiger partial charge in [-0.1, -0.05) is 24.3 Å². The van der Waals surface area contributed by atoms with Gasteiger partial charge < -0.3 is 38.6 Å². The Morgan fingerprint density at radius 2 is 1.19 bits per heavy atom. The lowest BCUT2D eigenvalue weighted by molar-refractivity contribution is -0.125. The van der Waals surface area contributed by atoms with E-state index in [0.29, 0.717) is 13.2 Å². The minimum absolute atomic E-state index is 0.0888. The molecule has 0 saturated carbocycles. The third kappa shape index (κ3) is 7.99. The van der Waals surface area contributed by atoms with E-state index >= 15 is 0 Å². The summed E-state index contributed by atoms with van der Waals surface area (Å²) >= 11 is 0. The zero-order chi connectivity index (χ0) is 25.9. The van der Waals surface area contributed by atoms with E-state index in [1.165, 1.54) is 12.3 Å². The molecular weight excluding hydrogens is 464 g/mol. The lowest BCUT2D eigenvalue weighted by atomic mass is 10.1. The summed E-state index contributed by atoms with van der Waals surface area (Å²) in [5.74, 6) is 1.66. The Bertz CT molecular complexity index is 957. The van der Waals surface area contributed by atoms with E-state index in [1.54, 1.807) is 27.4 Å². The summed E-state index contributed by atoms with van der Waals surface area (Å²) in [5.41, 5.74) is 2.16. The molecule has 8 heteroatoms. The molecule has 0 aromatic heterocycles. The van der Waals surface area contributed by atoms with E-state index in [0.717, 1.165) is 22.6 Å². The van der Waals surface area contributed by atoms with Gasteiger partial charge in [0.15, 0.2) is 0 Å². The van der Waals surface area contributed by atoms with Crippen LogP contribution in [0.25, 0.3) is 0 Å². The fourth-order valence-electron chi connectivity index (χ4n) is 3.63. The first-order valence-corrected chi connectivity index (χ1v) is 11.9. The summed E-state index contributed by atoms with van der Waals surface area (Å²) < 4.78 is 33.1. The van der Waals surface area contributed by atoms with Crippen LogP contribution < -0.4 is 9.47 Å². The highest BCUT2D eigenvalue weighted by molar-refractivity contribution is 5.27. The monoisotopic (exact) mass is 500 g/mol. The number of aliphatic hydroxyl groups is 2. The second-order valence-corrected chi connectivity index (χ2v) is 8.57. The third-order valence-corrected chi connectivity index (χ3v) is 5.95. The highest BCUT2D eigenvalue weighted by Gasteiger charge is 2.31. The molecule has 0 unspecified atom stereocenters. The van der Waals surface area contributed by atoms with Gasteiger partial charge in [-0.25, -0.2) is 0 Å². The van der Waals surface area contributed by atoms with E-state index in [1.807, 2.05) is 61.5 Å². The van der Waals surface area contributed by atoms with Crippen molar-refractivity contribution in [3.05, 3.63) is 84.3 Å². The lowest BCUT2D eigenvalue weighted by Gasteiger charge is -2.32. The van der Waals surface area contributed by atoms with Crippen molar-refractivity contribution in [2.75, 3.05) is 14.2 Å². The molecule has 196 valence electrons. The largest absolute Gasteiger partial charge is 0.497 e. The zero-order valence-electron chi connectivity index (χ0n) is 21.2. The van der Waals surface area contributed by atoms with Gasteiger partial charge in [-0.05, 0) is 61.4 Å². The number of hydrogen-bond donors (Lipinski definition) is 2. The van der Waals surface area contributed by atoms with Gasteiger partial charge in [0.2, 0.25) is 0 Å². The van der Waals surface area contributed by atoms with Crippen LogP contribution in [0, 0.1) is 0 Å². The molecule has 2 heterocycles. The molecule has 0 amide bonds. The summed E-state index contributed by atoms with van der Waals surface area (Å²) in [6.07, 6.45) is 4.12. The van der Waals surface area contributed by atoms with E-state index in [2.05, 4.69) is 0 Å². The Hall–Kier alpha value is -3.04. The van der Waals surface area contributed by atoms with Crippen LogP contribution in [-0.2, 0) is 32.2 Å². The van der Waals surface area contributed by atoms with E-state index < -0.39 is 12.2 Å². The first-order chi connectivity index (χ1) is 17.4. The molecule has 2 aliphatic rings. The van der Waals surface area contributed by atoms with Gasteiger partial charge in [0.05, 0.1) is 40.0 Å². The molecule has 0 bridgehead atoms. The van der Waals surface area contributed by atoms with Gasteiger partial charge in [0.1, 0.15) is 48.1 Å². The van der Waals surface area contributed by atoms with Crippen molar-refractivity contribution < 1.29 is 38.6 Å². The van der Waals surface area contributed by atoms with Crippen LogP contribution in [-0.4, -0.2) is 61.1 Å². The average Bonchev–Trinajstić information content (AvgIpc) is 2.91. The maximum atomic E-state index is 9.02. The molecule has 2 aromatic rings. The van der Waals surface area contributed by atoms with Crippen LogP contribution in [0.15, 0.2) is 73.2 Å². The molecule has 6 atom stereocenters. The summed E-state index contributed by atoms with van der Waals surface area (Å²) in [5, 5.41) is 18.0. The molecule has 8 nitrogen and oxygen atoms in total. The first-order valence-electron chi connectivity index (χ1n) is 11.9. The fourth-order valence-corrected chi connectivity index (χ4v) is 3.63. The van der Waals surface area contributed by atoms with Crippen molar-refractivity contribution in [3.8, 4) is 11.5 Å². The topological polar surface area (TPSA) is 95.8 Å². The normalized spacial score (nSPS) is 26.7. The van der Waals surface area contributed by atoms with Crippen LogP contribution in [0.3, 0.4) is 0 Å². The standard InChI is InChI=1S/C22H26O5.C6H10O3/c1-16-22(27-15-18-6-10-20(24-3)11-7-18)21(12-13-25-16)26-14-17-4-8-19(23-2)9-5-17;1-4-6(8)5(7)2-3-9-4/h4-13,16,21-22H,14-15H2,1-3H3;2-8H,1H3/t16-,21-,22-;4-,5-,6-/m00/s1. The Balaban J connectivity index is 0.000000338. The van der Waals surface area contributed by atoms with Gasteiger partial charge in [0.25, 0.3) is 0 Å². The SMILES string of the molecule is COc1ccc(CO[C@H]2[C@H](C)OC=C[C@@H]2OCc2ccc(OC)cc2)cc1.C[C@@H]1OC=C[C@H](O)[C@H]1O. The number of methoxy groups -OCH3 is 2. The van der Waals surface area contributed by atoms with Gasteiger partial charge in [0, 0.05) is 0 Å². The average molecular weight is 501 g/mol. The van der Waals surface area contributed by atoms with Crippen LogP contribution >= 0.6 is 0 Å². The van der Waals surface area contributed by atoms with Crippen molar-refractivity contribution in [1.29, 1.82) is 0 Å². The highest BCUT2D eigenvalue weighted by atomic mass is 16.6. The number of ether oxygens (including phenoxy) is 6. The second-order valence-electron chi connectivity index (χ2n) is 8.57. The number of benzene rings is 2. The predicted octanol–water partition coefficient (Wildman–Crippen LogP) is 3.75. The highest BCUT2D eigenvalue weighted by Crippen LogP contribution is 2.22.